The van der Waals surface area contributed by atoms with Gasteiger partial charge >= 0.3 is 0 Å². The molecule has 3 N–H and O–H groups in total. The van der Waals surface area contributed by atoms with E-state index in [1.807, 2.05) is 13.0 Å². The van der Waals surface area contributed by atoms with Crippen molar-refractivity contribution in [3.63, 3.8) is 0 Å². The average molecular weight is 390 g/mol. The standard InChI is InChI=1S/C20H27N5O.ClH/c1-3-25(16-7-5-4-6-8-16)20-23-14(2)13-18(24-20)26-17-11-9-15(10-12-17)19(21)22;/h9-13,16H,3-8H2,1-2H3,(H3,21,22);1H. The fourth-order valence-electron chi connectivity index (χ4n) is 3.48. The normalized spacial score (nSPS) is 14.3. The van der Waals surface area contributed by atoms with Crippen LogP contribution in [0.25, 0.3) is 0 Å². The molecule has 146 valence electrons. The maximum atomic E-state index is 7.46. The molecule has 0 unspecified atom stereocenters. The van der Waals surface area contributed by atoms with Gasteiger partial charge in [-0.15, -0.1) is 12.4 Å². The molecule has 0 atom stereocenters. The van der Waals surface area contributed by atoms with Crippen molar-refractivity contribution in [3.8, 4) is 11.6 Å². The number of halogens is 1. The number of nitrogen functional groups attached to an aromatic ring is 1. The quantitative estimate of drug-likeness (QED) is 0.563. The van der Waals surface area contributed by atoms with Gasteiger partial charge in [0.15, 0.2) is 0 Å². The van der Waals surface area contributed by atoms with Crippen LogP contribution >= 0.6 is 12.4 Å². The minimum absolute atomic E-state index is 0. The van der Waals surface area contributed by atoms with Crippen LogP contribution in [0.2, 0.25) is 0 Å². The van der Waals surface area contributed by atoms with E-state index in [-0.39, 0.29) is 18.2 Å². The van der Waals surface area contributed by atoms with Crippen molar-refractivity contribution in [1.29, 1.82) is 5.41 Å². The van der Waals surface area contributed by atoms with Gasteiger partial charge in [0.05, 0.1) is 0 Å². The van der Waals surface area contributed by atoms with E-state index in [0.29, 0.717) is 23.2 Å². The second kappa shape index (κ2) is 9.55. The predicted molar refractivity (Wildman–Crippen MR) is 111 cm³/mol. The molecule has 1 aliphatic rings. The van der Waals surface area contributed by atoms with Crippen LogP contribution in [0.3, 0.4) is 0 Å². The summed E-state index contributed by atoms with van der Waals surface area (Å²) in [6.45, 7) is 5.01. The zero-order valence-electron chi connectivity index (χ0n) is 15.9. The number of nitrogens with zero attached hydrogens (tertiary/aromatic N) is 3. The Morgan fingerprint density at radius 1 is 1.19 bits per heavy atom. The molecule has 0 amide bonds. The van der Waals surface area contributed by atoms with Crippen LogP contribution in [0, 0.1) is 12.3 Å². The zero-order chi connectivity index (χ0) is 18.5. The molecule has 27 heavy (non-hydrogen) atoms. The molecule has 1 saturated carbocycles. The monoisotopic (exact) mass is 389 g/mol. The van der Waals surface area contributed by atoms with Crippen LogP contribution in [0.1, 0.15) is 50.3 Å². The Bertz CT molecular complexity index is 759. The van der Waals surface area contributed by atoms with Gasteiger partial charge in [0.1, 0.15) is 11.6 Å². The number of benzene rings is 1. The Labute approximate surface area is 167 Å². The highest BCUT2D eigenvalue weighted by atomic mass is 35.5. The third-order valence-corrected chi connectivity index (χ3v) is 4.82. The van der Waals surface area contributed by atoms with Crippen molar-refractivity contribution in [2.24, 2.45) is 5.73 Å². The van der Waals surface area contributed by atoms with Crippen LogP contribution in [-0.2, 0) is 0 Å². The predicted octanol–water partition coefficient (Wildman–Crippen LogP) is 4.44. The first-order valence-electron chi connectivity index (χ1n) is 9.31. The number of nitrogens with one attached hydrogen (secondary N) is 1. The van der Waals surface area contributed by atoms with Gasteiger partial charge in [0.25, 0.3) is 0 Å². The van der Waals surface area contributed by atoms with E-state index in [9.17, 15) is 0 Å². The molecule has 1 aliphatic carbocycles. The highest BCUT2D eigenvalue weighted by molar-refractivity contribution is 5.94. The largest absolute Gasteiger partial charge is 0.439 e. The topological polar surface area (TPSA) is 88.1 Å². The van der Waals surface area contributed by atoms with Crippen molar-refractivity contribution in [3.05, 3.63) is 41.6 Å². The molecule has 0 saturated heterocycles. The van der Waals surface area contributed by atoms with E-state index < -0.39 is 0 Å². The van der Waals surface area contributed by atoms with Crippen molar-refractivity contribution in [2.45, 2.75) is 52.0 Å². The minimum Gasteiger partial charge on any atom is -0.439 e. The first-order chi connectivity index (χ1) is 12.6. The summed E-state index contributed by atoms with van der Waals surface area (Å²) in [6, 6.07) is 9.49. The Morgan fingerprint density at radius 2 is 1.85 bits per heavy atom. The molecule has 0 bridgehead atoms. The van der Waals surface area contributed by atoms with Gasteiger partial charge < -0.3 is 15.4 Å². The molecule has 1 fully saturated rings. The fraction of sp³-hybridized carbons (Fsp3) is 0.450. The number of hydrogen-bond acceptors (Lipinski definition) is 5. The van der Waals surface area contributed by atoms with Crippen LogP contribution in [0.15, 0.2) is 30.3 Å². The summed E-state index contributed by atoms with van der Waals surface area (Å²) in [5, 5.41) is 7.46. The number of ether oxygens (including phenoxy) is 1. The van der Waals surface area contributed by atoms with Crippen LogP contribution in [-0.4, -0.2) is 28.4 Å². The summed E-state index contributed by atoms with van der Waals surface area (Å²) in [7, 11) is 0. The second-order valence-electron chi connectivity index (χ2n) is 6.77. The number of rotatable bonds is 6. The van der Waals surface area contributed by atoms with Crippen LogP contribution in [0.4, 0.5) is 5.95 Å². The van der Waals surface area contributed by atoms with E-state index in [1.165, 1.54) is 32.1 Å². The molecule has 1 heterocycles. The van der Waals surface area contributed by atoms with Crippen molar-refractivity contribution >= 4 is 24.2 Å². The molecule has 2 aromatic rings. The van der Waals surface area contributed by atoms with Crippen LogP contribution in [0.5, 0.6) is 11.6 Å². The van der Waals surface area contributed by atoms with Crippen molar-refractivity contribution in [1.82, 2.24) is 9.97 Å². The van der Waals surface area contributed by atoms with Gasteiger partial charge in [0.2, 0.25) is 11.8 Å². The summed E-state index contributed by atoms with van der Waals surface area (Å²) in [5.41, 5.74) is 7.05. The Morgan fingerprint density at radius 3 is 2.44 bits per heavy atom. The van der Waals surface area contributed by atoms with Crippen LogP contribution < -0.4 is 15.4 Å². The lowest BCUT2D eigenvalue weighted by Gasteiger charge is -2.33. The maximum absolute atomic E-state index is 7.46. The Kier molecular flexibility index (Phi) is 7.42. The lowest BCUT2D eigenvalue weighted by Crippen LogP contribution is -2.38. The van der Waals surface area contributed by atoms with Crippen molar-refractivity contribution < 1.29 is 4.74 Å². The Balaban J connectivity index is 0.00000261. The zero-order valence-corrected chi connectivity index (χ0v) is 16.8. The van der Waals surface area contributed by atoms with Gasteiger partial charge in [-0.25, -0.2) is 4.98 Å². The van der Waals surface area contributed by atoms with Gasteiger partial charge in [-0.2, -0.15) is 4.98 Å². The number of anilines is 1. The SMILES string of the molecule is CCN(c1nc(C)cc(Oc2ccc(C(=N)N)cc2)n1)C1CCCCC1.Cl. The number of aromatic nitrogens is 2. The molecular formula is C20H28ClN5O. The number of aryl methyl sites for hydroxylation is 1. The third-order valence-electron chi connectivity index (χ3n) is 4.82. The minimum atomic E-state index is 0. The molecule has 3 rings (SSSR count). The molecular weight excluding hydrogens is 362 g/mol. The molecule has 0 spiro atoms. The lowest BCUT2D eigenvalue weighted by molar-refractivity contribution is 0.410. The first kappa shape index (κ1) is 21.0. The fourth-order valence-corrected chi connectivity index (χ4v) is 3.48. The van der Waals surface area contributed by atoms with Gasteiger partial charge in [-0.3, -0.25) is 5.41 Å². The summed E-state index contributed by atoms with van der Waals surface area (Å²) in [6.07, 6.45) is 6.28. The number of hydrogen-bond donors (Lipinski definition) is 2. The summed E-state index contributed by atoms with van der Waals surface area (Å²) in [4.78, 5) is 11.6. The van der Waals surface area contributed by atoms with E-state index in [4.69, 9.17) is 15.9 Å². The maximum Gasteiger partial charge on any atom is 0.229 e. The molecule has 6 nitrogen and oxygen atoms in total. The second-order valence-corrected chi connectivity index (χ2v) is 6.77. The van der Waals surface area contributed by atoms with E-state index in [2.05, 4.69) is 21.8 Å². The van der Waals surface area contributed by atoms with Crippen molar-refractivity contribution in [2.75, 3.05) is 11.4 Å². The average Bonchev–Trinajstić information content (AvgIpc) is 2.63. The molecule has 1 aromatic carbocycles. The first-order valence-corrected chi connectivity index (χ1v) is 9.31. The highest BCUT2D eigenvalue weighted by Crippen LogP contribution is 2.28. The number of nitrogens with two attached hydrogens (primary N) is 1. The Hall–Kier alpha value is -2.34. The number of amidine groups is 1. The van der Waals surface area contributed by atoms with E-state index >= 15 is 0 Å². The summed E-state index contributed by atoms with van der Waals surface area (Å²) in [5.74, 6) is 2.00. The summed E-state index contributed by atoms with van der Waals surface area (Å²) >= 11 is 0. The molecule has 7 heteroatoms. The smallest absolute Gasteiger partial charge is 0.229 e. The van der Waals surface area contributed by atoms with Gasteiger partial charge in [-0.1, -0.05) is 19.3 Å². The van der Waals surface area contributed by atoms with E-state index in [1.54, 1.807) is 24.3 Å². The highest BCUT2D eigenvalue weighted by Gasteiger charge is 2.22. The molecule has 0 radical (unpaired) electrons. The molecule has 1 aromatic heterocycles. The van der Waals surface area contributed by atoms with Gasteiger partial charge in [0, 0.05) is 29.9 Å². The lowest BCUT2D eigenvalue weighted by atomic mass is 9.94. The van der Waals surface area contributed by atoms with E-state index in [0.717, 1.165) is 18.2 Å². The molecule has 0 aliphatic heterocycles. The van der Waals surface area contributed by atoms with Gasteiger partial charge in [-0.05, 0) is 51.0 Å². The third kappa shape index (κ3) is 5.32. The summed E-state index contributed by atoms with van der Waals surface area (Å²) < 4.78 is 5.93.